The van der Waals surface area contributed by atoms with Crippen LogP contribution in [-0.4, -0.2) is 31.2 Å². The number of carbonyl (C=O) groups excluding carboxylic acids is 1. The summed E-state index contributed by atoms with van der Waals surface area (Å²) in [5.41, 5.74) is -2.25. The Kier molecular flexibility index (Phi) is 3.43. The lowest BCUT2D eigenvalue weighted by Gasteiger charge is -2.29. The minimum atomic E-state index is -4.55. The Morgan fingerprint density at radius 2 is 2.10 bits per heavy atom. The Bertz CT molecular complexity index is 546. The Morgan fingerprint density at radius 1 is 1.33 bits per heavy atom. The molecule has 114 valence electrons. The summed E-state index contributed by atoms with van der Waals surface area (Å²) in [7, 11) is 0. The molecule has 1 heterocycles. The molecule has 2 aliphatic rings. The van der Waals surface area contributed by atoms with Crippen LogP contribution in [0.4, 0.5) is 13.2 Å². The van der Waals surface area contributed by atoms with Gasteiger partial charge in [0.2, 0.25) is 0 Å². The van der Waals surface area contributed by atoms with E-state index in [1.165, 1.54) is 12.1 Å². The maximum Gasteiger partial charge on any atom is 0.402 e. The number of benzene rings is 1. The second-order valence-corrected chi connectivity index (χ2v) is 5.68. The van der Waals surface area contributed by atoms with Crippen LogP contribution in [-0.2, 0) is 0 Å². The third-order valence-electron chi connectivity index (χ3n) is 4.06. The number of carbonyl (C=O) groups is 1. The summed E-state index contributed by atoms with van der Waals surface area (Å²) in [6, 6.07) is 6.08. The maximum atomic E-state index is 13.4. The first-order chi connectivity index (χ1) is 9.92. The van der Waals surface area contributed by atoms with Gasteiger partial charge in [0, 0.05) is 12.1 Å². The second kappa shape index (κ2) is 5.02. The first kappa shape index (κ1) is 14.4. The van der Waals surface area contributed by atoms with Crippen LogP contribution in [0, 0.1) is 5.41 Å². The van der Waals surface area contributed by atoms with Crippen molar-refractivity contribution in [3.8, 4) is 5.75 Å². The molecule has 1 atom stereocenters. The van der Waals surface area contributed by atoms with E-state index in [0.29, 0.717) is 5.75 Å². The fraction of sp³-hybridized carbons (Fsp3) is 0.533. The minimum Gasteiger partial charge on any atom is -0.490 e. The number of hydrogen-bond donors (Lipinski definition) is 1. The van der Waals surface area contributed by atoms with Gasteiger partial charge in [-0.2, -0.15) is 13.2 Å². The van der Waals surface area contributed by atoms with Crippen molar-refractivity contribution < 1.29 is 22.7 Å². The van der Waals surface area contributed by atoms with Crippen molar-refractivity contribution in [3.63, 3.8) is 0 Å². The fourth-order valence-corrected chi connectivity index (χ4v) is 2.62. The topological polar surface area (TPSA) is 38.3 Å². The van der Waals surface area contributed by atoms with Crippen molar-refractivity contribution >= 4 is 5.78 Å². The van der Waals surface area contributed by atoms with Gasteiger partial charge in [0.25, 0.3) is 0 Å². The monoisotopic (exact) mass is 299 g/mol. The van der Waals surface area contributed by atoms with Gasteiger partial charge in [-0.15, -0.1) is 0 Å². The highest BCUT2D eigenvalue weighted by molar-refractivity contribution is 6.01. The van der Waals surface area contributed by atoms with Gasteiger partial charge < -0.3 is 10.1 Å². The molecule has 1 aromatic rings. The quantitative estimate of drug-likeness (QED) is 0.869. The highest BCUT2D eigenvalue weighted by atomic mass is 19.4. The van der Waals surface area contributed by atoms with E-state index in [2.05, 4.69) is 5.32 Å². The molecule has 0 amide bonds. The zero-order chi connectivity index (χ0) is 15.1. The molecule has 1 saturated carbocycles. The lowest BCUT2D eigenvalue weighted by molar-refractivity contribution is -0.197. The van der Waals surface area contributed by atoms with E-state index in [1.807, 2.05) is 0 Å². The molecule has 0 aromatic heterocycles. The predicted molar refractivity (Wildman–Crippen MR) is 70.4 cm³/mol. The van der Waals surface area contributed by atoms with Crippen LogP contribution >= 0.6 is 0 Å². The van der Waals surface area contributed by atoms with E-state index in [0.717, 1.165) is 12.8 Å². The molecule has 1 aliphatic carbocycles. The average molecular weight is 299 g/mol. The van der Waals surface area contributed by atoms with Crippen molar-refractivity contribution in [2.75, 3.05) is 13.1 Å². The average Bonchev–Trinajstić information content (AvgIpc) is 3.09. The molecule has 1 saturated heterocycles. The lowest BCUT2D eigenvalue weighted by Crippen LogP contribution is -2.46. The van der Waals surface area contributed by atoms with Crippen molar-refractivity contribution in [2.45, 2.75) is 31.5 Å². The van der Waals surface area contributed by atoms with E-state index >= 15 is 0 Å². The first-order valence-electron chi connectivity index (χ1n) is 7.01. The summed E-state index contributed by atoms with van der Waals surface area (Å²) in [6.45, 7) is -0.160. The van der Waals surface area contributed by atoms with Crippen LogP contribution in [0.25, 0.3) is 0 Å². The van der Waals surface area contributed by atoms with Crippen LogP contribution in [0.1, 0.15) is 29.6 Å². The SMILES string of the molecule is O=C(c1cccc(OC2CC2)c1)C1(C(F)(F)F)CCNC1. The van der Waals surface area contributed by atoms with Crippen LogP contribution < -0.4 is 10.1 Å². The number of Topliss-reactive ketones (excluding diaryl/α,β-unsaturated/α-hetero) is 1. The molecular weight excluding hydrogens is 283 g/mol. The molecule has 1 N–H and O–H groups in total. The highest BCUT2D eigenvalue weighted by Crippen LogP contribution is 2.45. The summed E-state index contributed by atoms with van der Waals surface area (Å²) in [5, 5.41) is 2.66. The van der Waals surface area contributed by atoms with Gasteiger partial charge in [-0.1, -0.05) is 12.1 Å². The van der Waals surface area contributed by atoms with E-state index in [4.69, 9.17) is 4.74 Å². The third-order valence-corrected chi connectivity index (χ3v) is 4.06. The predicted octanol–water partition coefficient (Wildman–Crippen LogP) is 2.95. The third kappa shape index (κ3) is 2.64. The summed E-state index contributed by atoms with van der Waals surface area (Å²) in [4.78, 5) is 12.5. The molecule has 3 nitrogen and oxygen atoms in total. The minimum absolute atomic E-state index is 0.0641. The van der Waals surface area contributed by atoms with Crippen molar-refractivity contribution in [2.24, 2.45) is 5.41 Å². The van der Waals surface area contributed by atoms with E-state index < -0.39 is 17.4 Å². The molecule has 3 rings (SSSR count). The Labute approximate surface area is 120 Å². The van der Waals surface area contributed by atoms with Crippen molar-refractivity contribution in [3.05, 3.63) is 29.8 Å². The molecule has 1 unspecified atom stereocenters. The van der Waals surface area contributed by atoms with Gasteiger partial charge >= 0.3 is 6.18 Å². The van der Waals surface area contributed by atoms with Crippen LogP contribution in [0.2, 0.25) is 0 Å². The maximum absolute atomic E-state index is 13.4. The van der Waals surface area contributed by atoms with Gasteiger partial charge in [-0.3, -0.25) is 4.79 Å². The standard InChI is InChI=1S/C15H16F3NO2/c16-15(17,18)14(6-7-19-9-14)13(20)10-2-1-3-12(8-10)21-11-4-5-11/h1-3,8,11,19H,4-7,9H2. The first-order valence-corrected chi connectivity index (χ1v) is 7.01. The summed E-state index contributed by atoms with van der Waals surface area (Å²) in [5.74, 6) is -0.409. The summed E-state index contributed by atoms with van der Waals surface area (Å²) >= 11 is 0. The Morgan fingerprint density at radius 3 is 2.67 bits per heavy atom. The van der Waals surface area contributed by atoms with Gasteiger partial charge in [-0.25, -0.2) is 0 Å². The number of ketones is 1. The van der Waals surface area contributed by atoms with Gasteiger partial charge in [0.1, 0.15) is 11.2 Å². The number of ether oxygens (including phenoxy) is 1. The van der Waals surface area contributed by atoms with Crippen molar-refractivity contribution in [1.82, 2.24) is 5.32 Å². The van der Waals surface area contributed by atoms with Crippen LogP contribution in [0.15, 0.2) is 24.3 Å². The zero-order valence-corrected chi connectivity index (χ0v) is 11.4. The van der Waals surface area contributed by atoms with Gasteiger partial charge in [0.15, 0.2) is 5.78 Å². The smallest absolute Gasteiger partial charge is 0.402 e. The molecule has 0 bridgehead atoms. The Hall–Kier alpha value is -1.56. The van der Waals surface area contributed by atoms with Gasteiger partial charge in [-0.05, 0) is 37.9 Å². The fourth-order valence-electron chi connectivity index (χ4n) is 2.62. The van der Waals surface area contributed by atoms with Crippen molar-refractivity contribution in [1.29, 1.82) is 0 Å². The molecule has 0 spiro atoms. The number of halogens is 3. The van der Waals surface area contributed by atoms with E-state index in [1.54, 1.807) is 12.1 Å². The molecule has 0 radical (unpaired) electrons. The Balaban J connectivity index is 1.89. The second-order valence-electron chi connectivity index (χ2n) is 5.68. The zero-order valence-electron chi connectivity index (χ0n) is 11.4. The molecule has 21 heavy (non-hydrogen) atoms. The molecule has 1 aliphatic heterocycles. The highest BCUT2D eigenvalue weighted by Gasteiger charge is 2.61. The molecular formula is C15H16F3NO2. The summed E-state index contributed by atoms with van der Waals surface area (Å²) in [6.07, 6.45) is -2.73. The van der Waals surface area contributed by atoms with E-state index in [9.17, 15) is 18.0 Å². The number of nitrogens with one attached hydrogen (secondary N) is 1. The van der Waals surface area contributed by atoms with Gasteiger partial charge in [0.05, 0.1) is 6.10 Å². The molecule has 6 heteroatoms. The number of rotatable bonds is 4. The number of hydrogen-bond acceptors (Lipinski definition) is 3. The van der Waals surface area contributed by atoms with E-state index in [-0.39, 0.29) is 31.2 Å². The lowest BCUT2D eigenvalue weighted by atomic mass is 9.78. The van der Waals surface area contributed by atoms with Crippen LogP contribution in [0.5, 0.6) is 5.75 Å². The largest absolute Gasteiger partial charge is 0.490 e. The molecule has 1 aromatic carbocycles. The molecule has 2 fully saturated rings. The summed E-state index contributed by atoms with van der Waals surface area (Å²) < 4.78 is 45.7. The van der Waals surface area contributed by atoms with Crippen LogP contribution in [0.3, 0.4) is 0 Å². The normalized spacial score (nSPS) is 25.9. The number of alkyl halides is 3.